The highest BCUT2D eigenvalue weighted by Crippen LogP contribution is 2.28. The Kier molecular flexibility index (Phi) is 4.95. The third-order valence-electron chi connectivity index (χ3n) is 4.51. The van der Waals surface area contributed by atoms with Crippen molar-refractivity contribution in [2.75, 3.05) is 19.7 Å². The Morgan fingerprint density at radius 2 is 2.00 bits per heavy atom. The van der Waals surface area contributed by atoms with Crippen molar-refractivity contribution in [3.63, 3.8) is 0 Å². The van der Waals surface area contributed by atoms with Crippen molar-refractivity contribution in [1.82, 2.24) is 14.7 Å². The Hall–Kier alpha value is -1.59. The summed E-state index contributed by atoms with van der Waals surface area (Å²) in [5.41, 5.74) is 1.26. The maximum atomic E-state index is 9.11. The van der Waals surface area contributed by atoms with Gasteiger partial charge in [0, 0.05) is 24.2 Å². The zero-order chi connectivity index (χ0) is 15.4. The summed E-state index contributed by atoms with van der Waals surface area (Å²) in [5.74, 6) is 2.69. The molecule has 2 aromatic rings. The van der Waals surface area contributed by atoms with Crippen molar-refractivity contribution >= 4 is 0 Å². The summed E-state index contributed by atoms with van der Waals surface area (Å²) in [6, 6.07) is 6.27. The number of piperidine rings is 1. The van der Waals surface area contributed by atoms with Gasteiger partial charge in [-0.1, -0.05) is 6.92 Å². The van der Waals surface area contributed by atoms with E-state index in [9.17, 15) is 0 Å². The molecule has 1 aliphatic rings. The van der Waals surface area contributed by atoms with Crippen LogP contribution in [0.2, 0.25) is 0 Å². The summed E-state index contributed by atoms with van der Waals surface area (Å²) in [7, 11) is 0. The van der Waals surface area contributed by atoms with Crippen LogP contribution in [-0.4, -0.2) is 39.5 Å². The number of rotatable bonds is 6. The molecule has 120 valence electrons. The average Bonchev–Trinajstić information content (AvgIpc) is 3.18. The second-order valence-corrected chi connectivity index (χ2v) is 5.97. The Morgan fingerprint density at radius 3 is 2.68 bits per heavy atom. The first-order chi connectivity index (χ1) is 10.8. The summed E-state index contributed by atoms with van der Waals surface area (Å²) in [5, 5.41) is 13.4. The van der Waals surface area contributed by atoms with Crippen molar-refractivity contribution in [3.8, 4) is 0 Å². The highest BCUT2D eigenvalue weighted by atomic mass is 16.3. The topological polar surface area (TPSA) is 54.4 Å². The summed E-state index contributed by atoms with van der Waals surface area (Å²) < 4.78 is 7.75. The second-order valence-electron chi connectivity index (χ2n) is 5.97. The quantitative estimate of drug-likeness (QED) is 0.890. The van der Waals surface area contributed by atoms with Gasteiger partial charge in [0.1, 0.15) is 11.5 Å². The van der Waals surface area contributed by atoms with Crippen molar-refractivity contribution < 1.29 is 9.52 Å². The molecule has 0 amide bonds. The minimum Gasteiger partial charge on any atom is -0.465 e. The number of aliphatic hydroxyl groups excluding tert-OH is 1. The van der Waals surface area contributed by atoms with E-state index >= 15 is 0 Å². The molecule has 0 aliphatic carbocycles. The Balaban J connectivity index is 1.54. The lowest BCUT2D eigenvalue weighted by Gasteiger charge is -2.31. The minimum absolute atomic E-state index is 0.145. The molecule has 1 saturated heterocycles. The Labute approximate surface area is 131 Å². The summed E-state index contributed by atoms with van der Waals surface area (Å²) in [6.45, 7) is 5.92. The molecule has 22 heavy (non-hydrogen) atoms. The molecule has 2 aromatic heterocycles. The molecule has 3 rings (SSSR count). The number of aryl methyl sites for hydroxylation is 1. The van der Waals surface area contributed by atoms with Crippen LogP contribution in [0.15, 0.2) is 28.8 Å². The van der Waals surface area contributed by atoms with Crippen LogP contribution in [-0.2, 0) is 19.5 Å². The zero-order valence-electron chi connectivity index (χ0n) is 13.2. The smallest absolute Gasteiger partial charge is 0.118 e. The molecule has 1 fully saturated rings. The average molecular weight is 303 g/mol. The number of likely N-dealkylation sites (tertiary alicyclic amines) is 1. The molecule has 5 heteroatoms. The van der Waals surface area contributed by atoms with Gasteiger partial charge in [-0.15, -0.1) is 0 Å². The number of aromatic nitrogens is 2. The van der Waals surface area contributed by atoms with Gasteiger partial charge in [0.05, 0.1) is 19.7 Å². The molecule has 1 N–H and O–H groups in total. The molecule has 0 aromatic carbocycles. The predicted octanol–water partition coefficient (Wildman–Crippen LogP) is 2.41. The summed E-state index contributed by atoms with van der Waals surface area (Å²) >= 11 is 0. The number of aliphatic hydroxyl groups is 1. The van der Waals surface area contributed by atoms with E-state index in [0.717, 1.165) is 50.4 Å². The van der Waals surface area contributed by atoms with Crippen LogP contribution in [0.4, 0.5) is 0 Å². The molecule has 0 radical (unpaired) electrons. The second kappa shape index (κ2) is 7.11. The summed E-state index contributed by atoms with van der Waals surface area (Å²) in [6.07, 6.45) is 5.07. The van der Waals surface area contributed by atoms with E-state index in [1.54, 1.807) is 0 Å². The molecule has 3 heterocycles. The van der Waals surface area contributed by atoms with E-state index in [1.165, 1.54) is 5.69 Å². The van der Waals surface area contributed by atoms with Gasteiger partial charge in [-0.3, -0.25) is 9.58 Å². The van der Waals surface area contributed by atoms with Gasteiger partial charge in [-0.05, 0) is 44.1 Å². The number of nitrogens with zero attached hydrogens (tertiary/aromatic N) is 3. The zero-order valence-corrected chi connectivity index (χ0v) is 13.2. The van der Waals surface area contributed by atoms with Gasteiger partial charge in [-0.25, -0.2) is 0 Å². The van der Waals surface area contributed by atoms with E-state index in [1.807, 2.05) is 10.9 Å². The fraction of sp³-hybridized carbons (Fsp3) is 0.588. The van der Waals surface area contributed by atoms with Gasteiger partial charge in [0.25, 0.3) is 0 Å². The highest BCUT2D eigenvalue weighted by Gasteiger charge is 2.23. The molecular weight excluding hydrogens is 278 g/mol. The minimum atomic E-state index is 0.145. The Morgan fingerprint density at radius 1 is 1.23 bits per heavy atom. The third-order valence-corrected chi connectivity index (χ3v) is 4.51. The van der Waals surface area contributed by atoms with Crippen LogP contribution in [0.1, 0.15) is 42.9 Å². The van der Waals surface area contributed by atoms with Crippen molar-refractivity contribution in [3.05, 3.63) is 41.6 Å². The fourth-order valence-corrected chi connectivity index (χ4v) is 3.28. The van der Waals surface area contributed by atoms with Crippen molar-refractivity contribution in [2.24, 2.45) is 0 Å². The van der Waals surface area contributed by atoms with Crippen LogP contribution in [0.3, 0.4) is 0 Å². The van der Waals surface area contributed by atoms with Gasteiger partial charge < -0.3 is 9.52 Å². The van der Waals surface area contributed by atoms with Crippen molar-refractivity contribution in [1.29, 1.82) is 0 Å². The van der Waals surface area contributed by atoms with Crippen LogP contribution in [0.5, 0.6) is 0 Å². The lowest BCUT2D eigenvalue weighted by Crippen LogP contribution is -2.33. The van der Waals surface area contributed by atoms with Gasteiger partial charge in [0.2, 0.25) is 0 Å². The third kappa shape index (κ3) is 3.42. The lowest BCUT2D eigenvalue weighted by atomic mass is 9.93. The van der Waals surface area contributed by atoms with E-state index in [2.05, 4.69) is 35.1 Å². The van der Waals surface area contributed by atoms with Gasteiger partial charge in [-0.2, -0.15) is 5.10 Å². The van der Waals surface area contributed by atoms with E-state index < -0.39 is 0 Å². The number of hydrogen-bond donors (Lipinski definition) is 1. The molecule has 1 aliphatic heterocycles. The number of furan rings is 1. The van der Waals surface area contributed by atoms with Gasteiger partial charge >= 0.3 is 0 Å². The van der Waals surface area contributed by atoms with Crippen LogP contribution >= 0.6 is 0 Å². The monoisotopic (exact) mass is 303 g/mol. The summed E-state index contributed by atoms with van der Waals surface area (Å²) in [4.78, 5) is 2.46. The van der Waals surface area contributed by atoms with Crippen LogP contribution in [0.25, 0.3) is 0 Å². The van der Waals surface area contributed by atoms with E-state index in [-0.39, 0.29) is 6.61 Å². The SMILES string of the molecule is CCc1ccc(CN2CCC(c3ccnn3CCO)CC2)o1. The predicted molar refractivity (Wildman–Crippen MR) is 84.7 cm³/mol. The first kappa shape index (κ1) is 15.3. The Bertz CT molecular complexity index is 582. The molecular formula is C17H25N3O2. The van der Waals surface area contributed by atoms with Crippen molar-refractivity contribution in [2.45, 2.75) is 45.2 Å². The normalized spacial score (nSPS) is 17.2. The molecule has 5 nitrogen and oxygen atoms in total. The maximum absolute atomic E-state index is 9.11. The van der Waals surface area contributed by atoms with Gasteiger partial charge in [0.15, 0.2) is 0 Å². The lowest BCUT2D eigenvalue weighted by molar-refractivity contribution is 0.185. The fourth-order valence-electron chi connectivity index (χ4n) is 3.28. The molecule has 0 saturated carbocycles. The largest absolute Gasteiger partial charge is 0.465 e. The standard InChI is InChI=1S/C17H25N3O2/c1-2-15-3-4-16(22-15)13-19-9-6-14(7-10-19)17-5-8-18-20(17)11-12-21/h3-5,8,14,21H,2,6-7,9-13H2,1H3. The van der Waals surface area contributed by atoms with E-state index in [4.69, 9.17) is 9.52 Å². The first-order valence-electron chi connectivity index (χ1n) is 8.22. The van der Waals surface area contributed by atoms with Crippen LogP contribution < -0.4 is 0 Å². The molecule has 0 spiro atoms. The van der Waals surface area contributed by atoms with E-state index in [0.29, 0.717) is 12.5 Å². The number of hydrogen-bond acceptors (Lipinski definition) is 4. The molecule has 0 bridgehead atoms. The molecule has 0 unspecified atom stereocenters. The first-order valence-corrected chi connectivity index (χ1v) is 8.22. The highest BCUT2D eigenvalue weighted by molar-refractivity contribution is 5.10. The van der Waals surface area contributed by atoms with Crippen LogP contribution in [0, 0.1) is 0 Å². The molecule has 0 atom stereocenters. The maximum Gasteiger partial charge on any atom is 0.118 e.